The van der Waals surface area contributed by atoms with E-state index in [1.54, 1.807) is 7.05 Å². The van der Waals surface area contributed by atoms with E-state index in [1.807, 2.05) is 12.1 Å². The predicted molar refractivity (Wildman–Crippen MR) is 57.8 cm³/mol. The zero-order valence-electron chi connectivity index (χ0n) is 8.12. The van der Waals surface area contributed by atoms with E-state index in [2.05, 4.69) is 35.8 Å². The van der Waals surface area contributed by atoms with Gasteiger partial charge in [-0.15, -0.1) is 0 Å². The second-order valence-electron chi connectivity index (χ2n) is 2.76. The third-order valence-corrected chi connectivity index (χ3v) is 1.98. The molecule has 0 saturated heterocycles. The van der Waals surface area contributed by atoms with Gasteiger partial charge in [-0.3, -0.25) is 4.99 Å². The van der Waals surface area contributed by atoms with E-state index in [-0.39, 0.29) is 0 Å². The smallest absolute Gasteiger partial charge is 0.153 e. The Morgan fingerprint density at radius 2 is 1.92 bits per heavy atom. The Bertz CT molecular complexity index is 309. The molecule has 0 aliphatic carbocycles. The Labute approximate surface area is 79.0 Å². The molecular weight excluding hydrogens is 160 g/mol. The van der Waals surface area contributed by atoms with Gasteiger partial charge in [0.15, 0.2) is 5.84 Å². The fourth-order valence-electron chi connectivity index (χ4n) is 1.18. The number of nitrogens with zero attached hydrogens (tertiary/aromatic N) is 2. The minimum Gasteiger partial charge on any atom is -0.270 e. The molecule has 0 aliphatic rings. The first-order valence-electron chi connectivity index (χ1n) is 4.34. The predicted octanol–water partition coefficient (Wildman–Crippen LogP) is 2.33. The van der Waals surface area contributed by atoms with Gasteiger partial charge in [-0.1, -0.05) is 31.2 Å². The van der Waals surface area contributed by atoms with Crippen LogP contribution in [0.4, 0.5) is 0 Å². The van der Waals surface area contributed by atoms with Crippen molar-refractivity contribution in [1.82, 2.24) is 0 Å². The molecule has 1 rings (SSSR count). The van der Waals surface area contributed by atoms with Crippen LogP contribution in [0.15, 0.2) is 34.3 Å². The monoisotopic (exact) mass is 174 g/mol. The molecule has 0 amide bonds. The lowest BCUT2D eigenvalue weighted by molar-refractivity contribution is 1.14. The van der Waals surface area contributed by atoms with Gasteiger partial charge in [0.25, 0.3) is 0 Å². The van der Waals surface area contributed by atoms with Crippen molar-refractivity contribution in [1.29, 1.82) is 0 Å². The van der Waals surface area contributed by atoms with Crippen LogP contribution in [0.25, 0.3) is 0 Å². The Hall–Kier alpha value is -1.44. The van der Waals surface area contributed by atoms with E-state index < -0.39 is 0 Å². The van der Waals surface area contributed by atoms with Crippen molar-refractivity contribution >= 4 is 12.6 Å². The number of aryl methyl sites for hydroxylation is 1. The number of aliphatic imine (C=N–C) groups is 2. The Morgan fingerprint density at radius 1 is 1.31 bits per heavy atom. The lowest BCUT2D eigenvalue weighted by Gasteiger charge is -2.00. The fourth-order valence-corrected chi connectivity index (χ4v) is 1.18. The second kappa shape index (κ2) is 4.55. The topological polar surface area (TPSA) is 24.7 Å². The van der Waals surface area contributed by atoms with Crippen LogP contribution in [0.5, 0.6) is 0 Å². The fraction of sp³-hybridized carbons (Fsp3) is 0.273. The summed E-state index contributed by atoms with van der Waals surface area (Å²) in [5, 5.41) is 0. The van der Waals surface area contributed by atoms with Crippen LogP contribution in [-0.2, 0) is 6.42 Å². The summed E-state index contributed by atoms with van der Waals surface area (Å²) in [4.78, 5) is 7.85. The van der Waals surface area contributed by atoms with E-state index in [1.165, 1.54) is 5.56 Å². The van der Waals surface area contributed by atoms with Crippen LogP contribution < -0.4 is 0 Å². The van der Waals surface area contributed by atoms with E-state index in [0.29, 0.717) is 5.84 Å². The average Bonchev–Trinajstić information content (AvgIpc) is 2.21. The molecule has 0 aromatic heterocycles. The van der Waals surface area contributed by atoms with Crippen molar-refractivity contribution < 1.29 is 0 Å². The van der Waals surface area contributed by atoms with Crippen LogP contribution in [0.3, 0.4) is 0 Å². The van der Waals surface area contributed by atoms with Crippen LogP contribution in [0, 0.1) is 0 Å². The second-order valence-corrected chi connectivity index (χ2v) is 2.76. The van der Waals surface area contributed by atoms with Gasteiger partial charge in [-0.05, 0) is 18.7 Å². The molecule has 0 unspecified atom stereocenters. The number of amidine groups is 1. The highest BCUT2D eigenvalue weighted by molar-refractivity contribution is 6.01. The molecule has 1 aromatic rings. The molecule has 0 atom stereocenters. The number of hydrogen-bond donors (Lipinski definition) is 0. The number of hydrogen-bond acceptors (Lipinski definition) is 1. The summed E-state index contributed by atoms with van der Waals surface area (Å²) < 4.78 is 0. The van der Waals surface area contributed by atoms with E-state index >= 15 is 0 Å². The van der Waals surface area contributed by atoms with Crippen LogP contribution in [0.1, 0.15) is 18.1 Å². The van der Waals surface area contributed by atoms with Crippen molar-refractivity contribution in [3.05, 3.63) is 35.4 Å². The summed E-state index contributed by atoms with van der Waals surface area (Å²) in [6.45, 7) is 5.60. The lowest BCUT2D eigenvalue weighted by Crippen LogP contribution is -1.95. The summed E-state index contributed by atoms with van der Waals surface area (Å²) in [6.07, 6.45) is 1.06. The van der Waals surface area contributed by atoms with Gasteiger partial charge >= 0.3 is 0 Å². The minimum absolute atomic E-state index is 0.697. The Kier molecular flexibility index (Phi) is 3.38. The van der Waals surface area contributed by atoms with E-state index in [4.69, 9.17) is 0 Å². The Morgan fingerprint density at radius 3 is 2.31 bits per heavy atom. The van der Waals surface area contributed by atoms with Crippen molar-refractivity contribution in [2.75, 3.05) is 7.05 Å². The summed E-state index contributed by atoms with van der Waals surface area (Å²) in [5.41, 5.74) is 2.35. The summed E-state index contributed by atoms with van der Waals surface area (Å²) in [7, 11) is 1.72. The first-order chi connectivity index (χ1) is 6.31. The van der Waals surface area contributed by atoms with Crippen molar-refractivity contribution in [3.63, 3.8) is 0 Å². The summed E-state index contributed by atoms with van der Waals surface area (Å²) >= 11 is 0. The largest absolute Gasteiger partial charge is 0.270 e. The lowest BCUT2D eigenvalue weighted by atomic mass is 10.1. The highest BCUT2D eigenvalue weighted by Crippen LogP contribution is 2.06. The van der Waals surface area contributed by atoms with Gasteiger partial charge in [0.2, 0.25) is 0 Å². The van der Waals surface area contributed by atoms with Crippen molar-refractivity contribution in [3.8, 4) is 0 Å². The average molecular weight is 174 g/mol. The standard InChI is InChI=1S/C11H14N2/c1-4-9-5-7-10(8-6-9)11(12-2)13-3/h5-8H,2,4H2,1,3H3. The molecule has 0 saturated carbocycles. The molecular formula is C11H14N2. The van der Waals surface area contributed by atoms with Crippen LogP contribution in [0.2, 0.25) is 0 Å². The van der Waals surface area contributed by atoms with Gasteiger partial charge in [0, 0.05) is 12.6 Å². The normalized spacial score (nSPS) is 11.4. The number of benzene rings is 1. The van der Waals surface area contributed by atoms with E-state index in [9.17, 15) is 0 Å². The maximum absolute atomic E-state index is 4.02. The van der Waals surface area contributed by atoms with Gasteiger partial charge in [-0.2, -0.15) is 0 Å². The summed E-state index contributed by atoms with van der Waals surface area (Å²) in [6, 6.07) is 8.23. The molecule has 0 aliphatic heterocycles. The molecule has 0 spiro atoms. The maximum Gasteiger partial charge on any atom is 0.153 e. The third-order valence-electron chi connectivity index (χ3n) is 1.98. The van der Waals surface area contributed by atoms with Crippen LogP contribution >= 0.6 is 0 Å². The van der Waals surface area contributed by atoms with Crippen LogP contribution in [-0.4, -0.2) is 19.6 Å². The summed E-state index contributed by atoms with van der Waals surface area (Å²) in [5.74, 6) is 0.697. The highest BCUT2D eigenvalue weighted by Gasteiger charge is 1.98. The van der Waals surface area contributed by atoms with Gasteiger partial charge in [-0.25, -0.2) is 4.99 Å². The molecule has 0 N–H and O–H groups in total. The van der Waals surface area contributed by atoms with Crippen molar-refractivity contribution in [2.24, 2.45) is 9.98 Å². The quantitative estimate of drug-likeness (QED) is 0.485. The van der Waals surface area contributed by atoms with Gasteiger partial charge in [0.1, 0.15) is 0 Å². The molecule has 2 heteroatoms. The first-order valence-corrected chi connectivity index (χ1v) is 4.34. The van der Waals surface area contributed by atoms with Gasteiger partial charge < -0.3 is 0 Å². The van der Waals surface area contributed by atoms with Crippen molar-refractivity contribution in [2.45, 2.75) is 13.3 Å². The Balaban J connectivity index is 2.97. The molecule has 1 aromatic carbocycles. The zero-order chi connectivity index (χ0) is 9.68. The molecule has 0 bridgehead atoms. The van der Waals surface area contributed by atoms with Gasteiger partial charge in [0.05, 0.1) is 0 Å². The SMILES string of the molecule is C=NC(=NC)c1ccc(CC)cc1. The highest BCUT2D eigenvalue weighted by atomic mass is 14.9. The molecule has 2 nitrogen and oxygen atoms in total. The number of rotatable bonds is 2. The zero-order valence-corrected chi connectivity index (χ0v) is 8.12. The molecule has 13 heavy (non-hydrogen) atoms. The first kappa shape index (κ1) is 9.65. The third kappa shape index (κ3) is 2.25. The minimum atomic E-state index is 0.697. The molecule has 0 radical (unpaired) electrons. The molecule has 0 fully saturated rings. The maximum atomic E-state index is 4.02. The van der Waals surface area contributed by atoms with E-state index in [0.717, 1.165) is 12.0 Å². The molecule has 0 heterocycles. The molecule has 68 valence electrons.